The SMILES string of the molecule is CCCN1C(=O)COc2ccc(NC(=O)CCCN3C(=O)c4ccccc4C3=O)cc21. The summed E-state index contributed by atoms with van der Waals surface area (Å²) >= 11 is 0. The Hall–Kier alpha value is -3.68. The van der Waals surface area contributed by atoms with E-state index < -0.39 is 0 Å². The molecule has 8 nitrogen and oxygen atoms in total. The number of carbonyl (C=O) groups is 4. The lowest BCUT2D eigenvalue weighted by Gasteiger charge is -2.29. The molecule has 1 N–H and O–H groups in total. The van der Waals surface area contributed by atoms with E-state index in [9.17, 15) is 19.2 Å². The van der Waals surface area contributed by atoms with Crippen LogP contribution in [0.3, 0.4) is 0 Å². The molecule has 8 heteroatoms. The van der Waals surface area contributed by atoms with E-state index in [1.807, 2.05) is 6.92 Å². The minimum absolute atomic E-state index is 0.0104. The molecule has 0 aromatic heterocycles. The molecule has 2 aromatic carbocycles. The monoisotopic (exact) mass is 421 g/mol. The van der Waals surface area contributed by atoms with Gasteiger partial charge in [-0.1, -0.05) is 19.1 Å². The molecule has 0 aliphatic carbocycles. The van der Waals surface area contributed by atoms with Gasteiger partial charge in [0.15, 0.2) is 6.61 Å². The summed E-state index contributed by atoms with van der Waals surface area (Å²) in [7, 11) is 0. The number of ether oxygens (including phenoxy) is 1. The van der Waals surface area contributed by atoms with Crippen molar-refractivity contribution in [3.63, 3.8) is 0 Å². The van der Waals surface area contributed by atoms with Gasteiger partial charge in [0.25, 0.3) is 17.7 Å². The highest BCUT2D eigenvalue weighted by Crippen LogP contribution is 2.34. The van der Waals surface area contributed by atoms with Crippen LogP contribution in [0.25, 0.3) is 0 Å². The Morgan fingerprint density at radius 3 is 2.39 bits per heavy atom. The molecule has 0 bridgehead atoms. The van der Waals surface area contributed by atoms with Crippen LogP contribution in [-0.2, 0) is 9.59 Å². The van der Waals surface area contributed by atoms with E-state index in [1.54, 1.807) is 47.4 Å². The minimum atomic E-state index is -0.323. The molecule has 2 heterocycles. The van der Waals surface area contributed by atoms with Gasteiger partial charge in [-0.2, -0.15) is 0 Å². The number of nitrogens with zero attached hydrogens (tertiary/aromatic N) is 2. The Labute approximate surface area is 179 Å². The fourth-order valence-electron chi connectivity index (χ4n) is 3.81. The number of rotatable bonds is 7. The fourth-order valence-corrected chi connectivity index (χ4v) is 3.81. The van der Waals surface area contributed by atoms with Gasteiger partial charge in [0.05, 0.1) is 16.8 Å². The Morgan fingerprint density at radius 1 is 1.00 bits per heavy atom. The van der Waals surface area contributed by atoms with Gasteiger partial charge >= 0.3 is 0 Å². The molecule has 160 valence electrons. The molecular weight excluding hydrogens is 398 g/mol. The van der Waals surface area contributed by atoms with Crippen LogP contribution in [0.1, 0.15) is 46.9 Å². The number of hydrogen-bond donors (Lipinski definition) is 1. The quantitative estimate of drug-likeness (QED) is 0.694. The number of hydrogen-bond acceptors (Lipinski definition) is 5. The van der Waals surface area contributed by atoms with Crippen molar-refractivity contribution in [1.29, 1.82) is 0 Å². The molecule has 4 amide bonds. The van der Waals surface area contributed by atoms with Crippen LogP contribution in [0.2, 0.25) is 0 Å². The predicted molar refractivity (Wildman–Crippen MR) is 114 cm³/mol. The normalized spacial score (nSPS) is 14.9. The minimum Gasteiger partial charge on any atom is -0.482 e. The Morgan fingerprint density at radius 2 is 1.71 bits per heavy atom. The Balaban J connectivity index is 1.34. The van der Waals surface area contributed by atoms with Crippen LogP contribution in [-0.4, -0.2) is 48.2 Å². The van der Waals surface area contributed by atoms with Crippen molar-refractivity contribution in [2.24, 2.45) is 0 Å². The predicted octanol–water partition coefficient (Wildman–Crippen LogP) is 2.84. The molecule has 0 radical (unpaired) electrons. The van der Waals surface area contributed by atoms with Crippen LogP contribution in [0, 0.1) is 0 Å². The summed E-state index contributed by atoms with van der Waals surface area (Å²) in [5, 5.41) is 2.81. The second-order valence-corrected chi connectivity index (χ2v) is 7.48. The van der Waals surface area contributed by atoms with Crippen molar-refractivity contribution in [1.82, 2.24) is 4.90 Å². The summed E-state index contributed by atoms with van der Waals surface area (Å²) < 4.78 is 5.47. The zero-order valence-corrected chi connectivity index (χ0v) is 17.2. The molecule has 2 aliphatic rings. The summed E-state index contributed by atoms with van der Waals surface area (Å²) in [6.07, 6.45) is 1.31. The van der Waals surface area contributed by atoms with Gasteiger partial charge in [0, 0.05) is 25.2 Å². The summed E-state index contributed by atoms with van der Waals surface area (Å²) in [6.45, 7) is 2.75. The van der Waals surface area contributed by atoms with Gasteiger partial charge in [-0.25, -0.2) is 0 Å². The third-order valence-electron chi connectivity index (χ3n) is 5.30. The number of nitrogens with one attached hydrogen (secondary N) is 1. The van der Waals surface area contributed by atoms with Crippen molar-refractivity contribution in [2.45, 2.75) is 26.2 Å². The number of fused-ring (bicyclic) bond motifs is 2. The number of carbonyl (C=O) groups excluding carboxylic acids is 4. The first-order valence-corrected chi connectivity index (χ1v) is 10.3. The largest absolute Gasteiger partial charge is 0.482 e. The van der Waals surface area contributed by atoms with Gasteiger partial charge in [-0.3, -0.25) is 24.1 Å². The first kappa shape index (κ1) is 20.6. The zero-order valence-electron chi connectivity index (χ0n) is 17.2. The van der Waals surface area contributed by atoms with E-state index in [0.717, 1.165) is 6.42 Å². The lowest BCUT2D eigenvalue weighted by Crippen LogP contribution is -2.39. The lowest BCUT2D eigenvalue weighted by molar-refractivity contribution is -0.121. The molecule has 2 aromatic rings. The molecule has 0 atom stereocenters. The van der Waals surface area contributed by atoms with E-state index in [4.69, 9.17) is 4.74 Å². The fraction of sp³-hybridized carbons (Fsp3) is 0.304. The topological polar surface area (TPSA) is 96.0 Å². The molecule has 0 fully saturated rings. The third-order valence-corrected chi connectivity index (χ3v) is 5.30. The molecule has 0 unspecified atom stereocenters. The Kier molecular flexibility index (Phi) is 5.70. The van der Waals surface area contributed by atoms with Crippen molar-refractivity contribution >= 4 is 35.0 Å². The average molecular weight is 421 g/mol. The highest BCUT2D eigenvalue weighted by Gasteiger charge is 2.34. The van der Waals surface area contributed by atoms with Crippen molar-refractivity contribution in [3.05, 3.63) is 53.6 Å². The van der Waals surface area contributed by atoms with Gasteiger partial charge < -0.3 is 15.0 Å². The first-order valence-electron chi connectivity index (χ1n) is 10.3. The summed E-state index contributed by atoms with van der Waals surface area (Å²) in [4.78, 5) is 52.1. The maximum atomic E-state index is 12.4. The third kappa shape index (κ3) is 4.01. The Bertz CT molecular complexity index is 1030. The van der Waals surface area contributed by atoms with Crippen LogP contribution >= 0.6 is 0 Å². The molecule has 4 rings (SSSR count). The lowest BCUT2D eigenvalue weighted by atomic mass is 10.1. The molecule has 2 aliphatic heterocycles. The zero-order chi connectivity index (χ0) is 22.0. The van der Waals surface area contributed by atoms with E-state index in [0.29, 0.717) is 41.2 Å². The molecular formula is C23H23N3O5. The highest BCUT2D eigenvalue weighted by atomic mass is 16.5. The van der Waals surface area contributed by atoms with Crippen LogP contribution in [0.4, 0.5) is 11.4 Å². The van der Waals surface area contributed by atoms with E-state index in [-0.39, 0.29) is 43.2 Å². The van der Waals surface area contributed by atoms with Crippen molar-refractivity contribution in [3.8, 4) is 5.75 Å². The molecule has 31 heavy (non-hydrogen) atoms. The van der Waals surface area contributed by atoms with Crippen molar-refractivity contribution < 1.29 is 23.9 Å². The van der Waals surface area contributed by atoms with Gasteiger partial charge in [0.2, 0.25) is 5.91 Å². The number of amides is 4. The van der Waals surface area contributed by atoms with Gasteiger partial charge in [-0.15, -0.1) is 0 Å². The first-order chi connectivity index (χ1) is 15.0. The highest BCUT2D eigenvalue weighted by molar-refractivity contribution is 6.21. The summed E-state index contributed by atoms with van der Waals surface area (Å²) in [6, 6.07) is 11.9. The van der Waals surface area contributed by atoms with Crippen LogP contribution in [0.15, 0.2) is 42.5 Å². The molecule has 0 spiro atoms. The summed E-state index contributed by atoms with van der Waals surface area (Å²) in [5.74, 6) is -0.384. The van der Waals surface area contributed by atoms with Crippen molar-refractivity contribution in [2.75, 3.05) is 29.9 Å². The summed E-state index contributed by atoms with van der Waals surface area (Å²) in [5.41, 5.74) is 2.00. The standard InChI is InChI=1S/C23H23N3O5/c1-2-11-25-18-13-15(9-10-19(18)31-14-21(25)28)24-20(27)8-5-12-26-22(29)16-6-3-4-7-17(16)23(26)30/h3-4,6-7,9-10,13H,2,5,8,11-12,14H2,1H3,(H,24,27). The average Bonchev–Trinajstić information content (AvgIpc) is 3.01. The van der Waals surface area contributed by atoms with Crippen LogP contribution in [0.5, 0.6) is 5.75 Å². The smallest absolute Gasteiger partial charge is 0.265 e. The maximum absolute atomic E-state index is 12.4. The number of imide groups is 1. The molecule has 0 saturated carbocycles. The molecule has 0 saturated heterocycles. The van der Waals surface area contributed by atoms with Crippen LogP contribution < -0.4 is 15.0 Å². The van der Waals surface area contributed by atoms with Gasteiger partial charge in [0.1, 0.15) is 5.75 Å². The number of benzene rings is 2. The van der Waals surface area contributed by atoms with E-state index >= 15 is 0 Å². The van der Waals surface area contributed by atoms with Gasteiger partial charge in [-0.05, 0) is 43.2 Å². The second kappa shape index (κ2) is 8.59. The second-order valence-electron chi connectivity index (χ2n) is 7.48. The number of anilines is 2. The van der Waals surface area contributed by atoms with E-state index in [1.165, 1.54) is 4.90 Å². The maximum Gasteiger partial charge on any atom is 0.265 e. The van der Waals surface area contributed by atoms with E-state index in [2.05, 4.69) is 5.32 Å².